The summed E-state index contributed by atoms with van der Waals surface area (Å²) in [6.07, 6.45) is 0. The number of rotatable bonds is 3. The van der Waals surface area contributed by atoms with Crippen LogP contribution >= 0.6 is 23.2 Å². The third-order valence-electron chi connectivity index (χ3n) is 2.52. The number of halogens is 2. The lowest BCUT2D eigenvalue weighted by atomic mass is 10.2. The summed E-state index contributed by atoms with van der Waals surface area (Å²) in [5, 5.41) is 7.70. The summed E-state index contributed by atoms with van der Waals surface area (Å²) >= 11 is 11.8. The molecule has 0 N–H and O–H groups in total. The summed E-state index contributed by atoms with van der Waals surface area (Å²) in [6.45, 7) is 4.75. The summed E-state index contributed by atoms with van der Waals surface area (Å²) in [5.74, 6) is 0.517. The van der Waals surface area contributed by atoms with Crippen molar-refractivity contribution >= 4 is 34.7 Å². The minimum atomic E-state index is 0.0833. The Morgan fingerprint density at radius 3 is 2.39 bits per heavy atom. The molecule has 0 radical (unpaired) electrons. The Morgan fingerprint density at radius 2 is 1.78 bits per heavy atom. The number of anilines is 2. The van der Waals surface area contributed by atoms with Crippen LogP contribution in [0.3, 0.4) is 0 Å². The molecule has 0 saturated carbocycles. The fourth-order valence-electron chi connectivity index (χ4n) is 1.64. The molecule has 0 aliphatic carbocycles. The first-order chi connectivity index (χ1) is 8.61. The van der Waals surface area contributed by atoms with Crippen molar-refractivity contribution in [3.05, 3.63) is 40.3 Å². The van der Waals surface area contributed by atoms with E-state index < -0.39 is 0 Å². The normalized spacial score (nSPS) is 10.4. The molecule has 1 heterocycles. The zero-order valence-electron chi connectivity index (χ0n) is 10.1. The van der Waals surface area contributed by atoms with Crippen LogP contribution in [-0.2, 0) is 0 Å². The van der Waals surface area contributed by atoms with Gasteiger partial charge in [0.25, 0.3) is 0 Å². The van der Waals surface area contributed by atoms with E-state index in [9.17, 15) is 0 Å². The first-order valence-electron chi connectivity index (χ1n) is 5.51. The first-order valence-corrected chi connectivity index (χ1v) is 6.27. The maximum atomic E-state index is 6.01. The smallest absolute Gasteiger partial charge is 0.245 e. The Labute approximate surface area is 116 Å². The topological polar surface area (TPSA) is 41.9 Å². The Kier molecular flexibility index (Phi) is 3.99. The predicted molar refractivity (Wildman–Crippen MR) is 73.7 cm³/mol. The molecule has 4 nitrogen and oxygen atoms in total. The van der Waals surface area contributed by atoms with Crippen molar-refractivity contribution in [3.63, 3.8) is 0 Å². The molecule has 6 heteroatoms. The maximum Gasteiger partial charge on any atom is 0.245 e. The third-order valence-corrected chi connectivity index (χ3v) is 2.93. The van der Waals surface area contributed by atoms with Gasteiger partial charge in [-0.15, -0.1) is 10.2 Å². The van der Waals surface area contributed by atoms with E-state index in [4.69, 9.17) is 23.2 Å². The third kappa shape index (κ3) is 2.71. The van der Waals surface area contributed by atoms with Gasteiger partial charge in [0, 0.05) is 12.2 Å². The predicted octanol–water partition coefficient (Wildman–Crippen LogP) is 3.64. The highest BCUT2D eigenvalue weighted by Crippen LogP contribution is 2.28. The summed E-state index contributed by atoms with van der Waals surface area (Å²) in [6, 6.07) is 8.07. The van der Waals surface area contributed by atoms with Gasteiger partial charge in [-0.3, -0.25) is 0 Å². The van der Waals surface area contributed by atoms with Gasteiger partial charge in [0.2, 0.25) is 5.28 Å². The maximum absolute atomic E-state index is 6.01. The summed E-state index contributed by atoms with van der Waals surface area (Å²) in [7, 11) is 0. The lowest BCUT2D eigenvalue weighted by molar-refractivity contribution is 0.916. The largest absolute Gasteiger partial charge is 0.324 e. The van der Waals surface area contributed by atoms with E-state index in [1.54, 1.807) is 0 Å². The van der Waals surface area contributed by atoms with Crippen LogP contribution in [-0.4, -0.2) is 21.7 Å². The zero-order valence-corrected chi connectivity index (χ0v) is 11.6. The van der Waals surface area contributed by atoms with Crippen molar-refractivity contribution in [1.29, 1.82) is 0 Å². The molecule has 0 atom stereocenters. The highest BCUT2D eigenvalue weighted by atomic mass is 35.5. The molecule has 2 rings (SSSR count). The fourth-order valence-corrected chi connectivity index (χ4v) is 1.94. The van der Waals surface area contributed by atoms with Crippen molar-refractivity contribution in [2.75, 3.05) is 11.4 Å². The number of benzene rings is 1. The average molecular weight is 283 g/mol. The lowest BCUT2D eigenvalue weighted by Gasteiger charge is -2.22. The summed E-state index contributed by atoms with van der Waals surface area (Å²) in [5.41, 5.74) is 2.18. The highest BCUT2D eigenvalue weighted by Gasteiger charge is 2.15. The van der Waals surface area contributed by atoms with Gasteiger partial charge in [0.1, 0.15) is 0 Å². The van der Waals surface area contributed by atoms with Crippen molar-refractivity contribution in [1.82, 2.24) is 15.2 Å². The fraction of sp³-hybridized carbons (Fsp3) is 0.250. The van der Waals surface area contributed by atoms with E-state index in [-0.39, 0.29) is 10.4 Å². The lowest BCUT2D eigenvalue weighted by Crippen LogP contribution is -2.18. The Balaban J connectivity index is 2.44. The second kappa shape index (κ2) is 5.50. The van der Waals surface area contributed by atoms with E-state index in [1.807, 2.05) is 43.0 Å². The molecular formula is C12H12Cl2N4. The molecule has 0 saturated heterocycles. The molecule has 0 spiro atoms. The second-order valence-corrected chi connectivity index (χ2v) is 4.47. The second-order valence-electron chi connectivity index (χ2n) is 3.78. The SMILES string of the molecule is CCN(c1ccc(C)cc1)c1nc(Cl)nnc1Cl. The van der Waals surface area contributed by atoms with E-state index in [1.165, 1.54) is 5.56 Å². The molecule has 0 aliphatic rings. The minimum absolute atomic E-state index is 0.0833. The number of aryl methyl sites for hydroxylation is 1. The van der Waals surface area contributed by atoms with Gasteiger partial charge < -0.3 is 4.90 Å². The minimum Gasteiger partial charge on any atom is -0.324 e. The van der Waals surface area contributed by atoms with E-state index in [2.05, 4.69) is 15.2 Å². The van der Waals surface area contributed by atoms with Gasteiger partial charge in [-0.1, -0.05) is 29.3 Å². The van der Waals surface area contributed by atoms with Gasteiger partial charge in [0.05, 0.1) is 0 Å². The molecule has 0 bridgehead atoms. The number of aromatic nitrogens is 3. The average Bonchev–Trinajstić information content (AvgIpc) is 2.37. The van der Waals surface area contributed by atoms with Crippen LogP contribution in [0.2, 0.25) is 10.4 Å². The van der Waals surface area contributed by atoms with Gasteiger partial charge in [-0.2, -0.15) is 4.98 Å². The number of nitrogens with zero attached hydrogens (tertiary/aromatic N) is 4. The van der Waals surface area contributed by atoms with Crippen LogP contribution < -0.4 is 4.90 Å². The van der Waals surface area contributed by atoms with Crippen molar-refractivity contribution in [3.8, 4) is 0 Å². The van der Waals surface area contributed by atoms with Crippen LogP contribution in [0, 0.1) is 6.92 Å². The molecule has 1 aromatic carbocycles. The van der Waals surface area contributed by atoms with Crippen molar-refractivity contribution < 1.29 is 0 Å². The van der Waals surface area contributed by atoms with Crippen molar-refractivity contribution in [2.24, 2.45) is 0 Å². The number of hydrogen-bond acceptors (Lipinski definition) is 4. The molecule has 94 valence electrons. The van der Waals surface area contributed by atoms with Gasteiger partial charge in [0.15, 0.2) is 11.0 Å². The molecule has 2 aromatic rings. The Morgan fingerprint density at radius 1 is 1.11 bits per heavy atom. The first kappa shape index (κ1) is 13.1. The van der Waals surface area contributed by atoms with Crippen LogP contribution in [0.25, 0.3) is 0 Å². The molecule has 18 heavy (non-hydrogen) atoms. The van der Waals surface area contributed by atoms with E-state index in [0.717, 1.165) is 5.69 Å². The number of hydrogen-bond donors (Lipinski definition) is 0. The van der Waals surface area contributed by atoms with Crippen LogP contribution in [0.4, 0.5) is 11.5 Å². The molecule has 0 unspecified atom stereocenters. The van der Waals surface area contributed by atoms with Crippen LogP contribution in [0.15, 0.2) is 24.3 Å². The van der Waals surface area contributed by atoms with Crippen LogP contribution in [0.1, 0.15) is 12.5 Å². The molecule has 0 fully saturated rings. The quantitative estimate of drug-likeness (QED) is 0.862. The van der Waals surface area contributed by atoms with E-state index >= 15 is 0 Å². The highest BCUT2D eigenvalue weighted by molar-refractivity contribution is 6.32. The van der Waals surface area contributed by atoms with Gasteiger partial charge in [-0.05, 0) is 37.6 Å². The van der Waals surface area contributed by atoms with Gasteiger partial charge >= 0.3 is 0 Å². The molecule has 0 amide bonds. The Hall–Kier alpha value is -1.39. The summed E-state index contributed by atoms with van der Waals surface area (Å²) in [4.78, 5) is 6.06. The molecular weight excluding hydrogens is 271 g/mol. The monoisotopic (exact) mass is 282 g/mol. The standard InChI is InChI=1S/C12H12Cl2N4/c1-3-18(9-6-4-8(2)5-7-9)11-10(13)16-17-12(14)15-11/h4-7H,3H2,1-2H3. The molecule has 1 aromatic heterocycles. The zero-order chi connectivity index (χ0) is 13.1. The molecule has 0 aliphatic heterocycles. The van der Waals surface area contributed by atoms with Crippen molar-refractivity contribution in [2.45, 2.75) is 13.8 Å². The van der Waals surface area contributed by atoms with Crippen LogP contribution in [0.5, 0.6) is 0 Å². The Bertz CT molecular complexity index is 542. The van der Waals surface area contributed by atoms with E-state index in [0.29, 0.717) is 12.4 Å². The van der Waals surface area contributed by atoms with Gasteiger partial charge in [-0.25, -0.2) is 0 Å². The summed E-state index contributed by atoms with van der Waals surface area (Å²) < 4.78 is 0.